The van der Waals surface area contributed by atoms with E-state index < -0.39 is 17.3 Å². The maximum Gasteiger partial charge on any atom is 0.417 e. The van der Waals surface area contributed by atoms with Gasteiger partial charge in [-0.2, -0.15) is 13.2 Å². The van der Waals surface area contributed by atoms with Crippen LogP contribution in [-0.2, 0) is 28.7 Å². The summed E-state index contributed by atoms with van der Waals surface area (Å²) >= 11 is 0. The molecule has 0 spiro atoms. The molecule has 2 atom stereocenters. The van der Waals surface area contributed by atoms with Gasteiger partial charge in [0.15, 0.2) is 0 Å². The Balaban J connectivity index is 1.21. The molecule has 2 aromatic rings. The van der Waals surface area contributed by atoms with Gasteiger partial charge in [-0.3, -0.25) is 14.7 Å². The highest BCUT2D eigenvalue weighted by molar-refractivity contribution is 5.86. The van der Waals surface area contributed by atoms with Crippen LogP contribution in [0.25, 0.3) is 0 Å². The van der Waals surface area contributed by atoms with Crippen LogP contribution >= 0.6 is 0 Å². The van der Waals surface area contributed by atoms with Crippen molar-refractivity contribution in [2.75, 3.05) is 26.2 Å². The van der Waals surface area contributed by atoms with Crippen molar-refractivity contribution in [2.24, 2.45) is 5.92 Å². The molecule has 0 N–H and O–H groups in total. The zero-order valence-corrected chi connectivity index (χ0v) is 21.9. The van der Waals surface area contributed by atoms with Crippen LogP contribution in [0.1, 0.15) is 67.8 Å². The summed E-state index contributed by atoms with van der Waals surface area (Å²) in [6.07, 6.45) is 0.237. The van der Waals surface area contributed by atoms with Crippen LogP contribution in [0.4, 0.5) is 17.6 Å². The molecule has 38 heavy (non-hydrogen) atoms. The molecule has 1 aromatic carbocycles. The number of halogens is 4. The zero-order chi connectivity index (χ0) is 27.1. The SMILES string of the molecule is CC(C)[C@]1(C(=O)N2CCc3ncc(C(F)(F)F)cc3C2)CC[C@@H](N2CCC(c3ccc(F)cc3)CC2)CO1. The number of nitrogens with zero attached hydrogens (tertiary/aromatic N) is 3. The van der Waals surface area contributed by atoms with Crippen LogP contribution < -0.4 is 0 Å². The van der Waals surface area contributed by atoms with Crippen LogP contribution in [0, 0.1) is 11.7 Å². The van der Waals surface area contributed by atoms with Crippen molar-refractivity contribution in [1.29, 1.82) is 0 Å². The average Bonchev–Trinajstić information content (AvgIpc) is 2.92. The Morgan fingerprint density at radius 3 is 2.42 bits per heavy atom. The molecule has 0 aliphatic carbocycles. The summed E-state index contributed by atoms with van der Waals surface area (Å²) in [6.45, 7) is 6.80. The number of hydrogen-bond donors (Lipinski definition) is 0. The van der Waals surface area contributed by atoms with Gasteiger partial charge in [0.2, 0.25) is 0 Å². The number of alkyl halides is 3. The predicted octanol–water partition coefficient (Wildman–Crippen LogP) is 5.58. The Morgan fingerprint density at radius 2 is 1.82 bits per heavy atom. The molecule has 9 heteroatoms. The van der Waals surface area contributed by atoms with E-state index in [2.05, 4.69) is 9.88 Å². The van der Waals surface area contributed by atoms with E-state index in [9.17, 15) is 22.4 Å². The first-order valence-corrected chi connectivity index (χ1v) is 13.5. The number of fused-ring (bicyclic) bond motifs is 1. The fourth-order valence-electron chi connectivity index (χ4n) is 6.30. The molecule has 2 fully saturated rings. The smallest absolute Gasteiger partial charge is 0.363 e. The van der Waals surface area contributed by atoms with E-state index >= 15 is 0 Å². The molecule has 206 valence electrons. The summed E-state index contributed by atoms with van der Waals surface area (Å²) in [6, 6.07) is 8.14. The lowest BCUT2D eigenvalue weighted by molar-refractivity contribution is -0.181. The van der Waals surface area contributed by atoms with Gasteiger partial charge in [-0.25, -0.2) is 4.39 Å². The number of pyridine rings is 1. The van der Waals surface area contributed by atoms with E-state index in [1.54, 1.807) is 4.90 Å². The zero-order valence-electron chi connectivity index (χ0n) is 21.9. The molecule has 0 saturated carbocycles. The van der Waals surface area contributed by atoms with Gasteiger partial charge in [-0.05, 0) is 79.9 Å². The highest BCUT2D eigenvalue weighted by atomic mass is 19.4. The van der Waals surface area contributed by atoms with Gasteiger partial charge in [-0.1, -0.05) is 26.0 Å². The molecule has 1 aromatic heterocycles. The summed E-state index contributed by atoms with van der Waals surface area (Å²) in [5, 5.41) is 0. The van der Waals surface area contributed by atoms with Gasteiger partial charge in [0.1, 0.15) is 11.4 Å². The molecule has 5 rings (SSSR count). The Hall–Kier alpha value is -2.52. The third-order valence-corrected chi connectivity index (χ3v) is 8.72. The minimum absolute atomic E-state index is 0.0683. The molecule has 1 amide bonds. The van der Waals surface area contributed by atoms with Crippen molar-refractivity contribution < 1.29 is 27.1 Å². The number of amides is 1. The summed E-state index contributed by atoms with van der Waals surface area (Å²) in [5.74, 6) is -0.00236. The van der Waals surface area contributed by atoms with Gasteiger partial charge in [-0.15, -0.1) is 0 Å². The summed E-state index contributed by atoms with van der Waals surface area (Å²) in [7, 11) is 0. The van der Waals surface area contributed by atoms with E-state index in [1.807, 2.05) is 26.0 Å². The highest BCUT2D eigenvalue weighted by Gasteiger charge is 2.49. The lowest BCUT2D eigenvalue weighted by Gasteiger charge is -2.48. The van der Waals surface area contributed by atoms with Crippen molar-refractivity contribution in [3.8, 4) is 0 Å². The van der Waals surface area contributed by atoms with E-state index in [-0.39, 0.29) is 30.2 Å². The highest BCUT2D eigenvalue weighted by Crippen LogP contribution is 2.39. The van der Waals surface area contributed by atoms with Crippen molar-refractivity contribution in [3.05, 3.63) is 64.7 Å². The molecule has 0 radical (unpaired) electrons. The fraction of sp³-hybridized carbons (Fsp3) is 0.586. The van der Waals surface area contributed by atoms with Gasteiger partial charge in [0.05, 0.1) is 12.2 Å². The largest absolute Gasteiger partial charge is 0.417 e. The van der Waals surface area contributed by atoms with E-state index in [4.69, 9.17) is 4.74 Å². The van der Waals surface area contributed by atoms with Crippen LogP contribution in [0.5, 0.6) is 0 Å². The number of rotatable bonds is 4. The molecular weight excluding hydrogens is 498 g/mol. The number of likely N-dealkylation sites (tertiary alicyclic amines) is 1. The van der Waals surface area contributed by atoms with Crippen molar-refractivity contribution in [1.82, 2.24) is 14.8 Å². The van der Waals surface area contributed by atoms with Crippen LogP contribution in [0.15, 0.2) is 36.5 Å². The maximum atomic E-state index is 13.8. The number of aromatic nitrogens is 1. The number of benzene rings is 1. The Bertz CT molecular complexity index is 1140. The summed E-state index contributed by atoms with van der Waals surface area (Å²) < 4.78 is 59.4. The van der Waals surface area contributed by atoms with E-state index in [0.29, 0.717) is 43.2 Å². The summed E-state index contributed by atoms with van der Waals surface area (Å²) in [5.41, 5.74) is 0.487. The average molecular weight is 534 g/mol. The fourth-order valence-corrected chi connectivity index (χ4v) is 6.30. The predicted molar refractivity (Wildman–Crippen MR) is 135 cm³/mol. The Kier molecular flexibility index (Phi) is 7.52. The molecule has 2 saturated heterocycles. The molecule has 0 unspecified atom stereocenters. The number of piperidine rings is 1. The number of hydrogen-bond acceptors (Lipinski definition) is 4. The van der Waals surface area contributed by atoms with Gasteiger partial charge in [0.25, 0.3) is 5.91 Å². The molecule has 5 nitrogen and oxygen atoms in total. The normalized spacial score (nSPS) is 25.4. The first-order chi connectivity index (χ1) is 18.1. The monoisotopic (exact) mass is 533 g/mol. The first kappa shape index (κ1) is 27.1. The third-order valence-electron chi connectivity index (χ3n) is 8.72. The van der Waals surface area contributed by atoms with Gasteiger partial charge >= 0.3 is 6.18 Å². The summed E-state index contributed by atoms with van der Waals surface area (Å²) in [4.78, 5) is 21.9. The lowest BCUT2D eigenvalue weighted by Crippen LogP contribution is -2.60. The second-order valence-corrected chi connectivity index (χ2v) is 11.2. The van der Waals surface area contributed by atoms with Crippen molar-refractivity contribution >= 4 is 5.91 Å². The number of ether oxygens (including phenoxy) is 1. The standard InChI is InChI=1S/C29H35F4N3O2/c1-19(2)28(27(37)36-14-10-26-22(17-36)15-23(16-34-26)29(31,32)33)11-7-25(18-38-28)35-12-8-21(9-13-35)20-3-5-24(30)6-4-20/h3-6,15-16,19,21,25H,7-14,17-18H2,1-2H3/t25-,28+/m1/s1. The minimum Gasteiger partial charge on any atom is -0.363 e. The van der Waals surface area contributed by atoms with Crippen molar-refractivity contribution in [2.45, 2.75) is 76.2 Å². The number of carbonyl (C=O) groups excluding carboxylic acids is 1. The topological polar surface area (TPSA) is 45.7 Å². The number of carbonyl (C=O) groups is 1. The molecule has 3 aliphatic heterocycles. The first-order valence-electron chi connectivity index (χ1n) is 13.5. The molecule has 0 bridgehead atoms. The molecule has 3 aliphatic rings. The Labute approximate surface area is 221 Å². The second kappa shape index (κ2) is 10.6. The van der Waals surface area contributed by atoms with Crippen LogP contribution in [-0.4, -0.2) is 58.6 Å². The van der Waals surface area contributed by atoms with Crippen LogP contribution in [0.3, 0.4) is 0 Å². The van der Waals surface area contributed by atoms with Crippen LogP contribution in [0.2, 0.25) is 0 Å². The second-order valence-electron chi connectivity index (χ2n) is 11.2. The maximum absolute atomic E-state index is 13.8. The quantitative estimate of drug-likeness (QED) is 0.482. The molecular formula is C29H35F4N3O2. The van der Waals surface area contributed by atoms with E-state index in [0.717, 1.165) is 44.6 Å². The Morgan fingerprint density at radius 1 is 1.11 bits per heavy atom. The lowest BCUT2D eigenvalue weighted by atomic mass is 9.80. The van der Waals surface area contributed by atoms with Crippen molar-refractivity contribution in [3.63, 3.8) is 0 Å². The third kappa shape index (κ3) is 5.32. The minimum atomic E-state index is -4.47. The van der Waals surface area contributed by atoms with Gasteiger partial charge < -0.3 is 9.64 Å². The van der Waals surface area contributed by atoms with E-state index in [1.165, 1.54) is 17.7 Å². The van der Waals surface area contributed by atoms with Gasteiger partial charge in [0, 0.05) is 37.4 Å². The molecule has 4 heterocycles.